The van der Waals surface area contributed by atoms with Crippen molar-refractivity contribution in [3.63, 3.8) is 0 Å². The van der Waals surface area contributed by atoms with Crippen molar-refractivity contribution in [2.24, 2.45) is 0 Å². The minimum atomic E-state index is 0.143. The van der Waals surface area contributed by atoms with Crippen LogP contribution in [0.3, 0.4) is 0 Å². The van der Waals surface area contributed by atoms with Gasteiger partial charge in [0.05, 0.1) is 14.2 Å². The van der Waals surface area contributed by atoms with Gasteiger partial charge in [0.15, 0.2) is 18.1 Å². The zero-order valence-electron chi connectivity index (χ0n) is 12.0. The molecular weight excluding hydrogens is 296 g/mol. The fourth-order valence-corrected chi connectivity index (χ4v) is 1.89. The average Bonchev–Trinajstić information content (AvgIpc) is 2.98. The molecule has 0 unspecified atom stereocenters. The van der Waals surface area contributed by atoms with Gasteiger partial charge in [-0.3, -0.25) is 0 Å². The smallest absolute Gasteiger partial charge is 0.253 e. The van der Waals surface area contributed by atoms with Gasteiger partial charge in [0.1, 0.15) is 0 Å². The highest BCUT2D eigenvalue weighted by atomic mass is 35.5. The summed E-state index contributed by atoms with van der Waals surface area (Å²) in [5.41, 5.74) is 0. The first-order valence-electron chi connectivity index (χ1n) is 6.49. The van der Waals surface area contributed by atoms with Crippen molar-refractivity contribution in [3.05, 3.63) is 30.0 Å². The Balaban J connectivity index is 2.04. The molecule has 2 aromatic rings. The quantitative estimate of drug-likeness (QED) is 0.698. The highest BCUT2D eigenvalue weighted by Crippen LogP contribution is 2.37. The number of methoxy groups -OCH3 is 2. The maximum absolute atomic E-state index is 5.68. The van der Waals surface area contributed by atoms with Crippen LogP contribution in [0, 0.1) is 0 Å². The lowest BCUT2D eigenvalue weighted by molar-refractivity contribution is 0.234. The van der Waals surface area contributed by atoms with Crippen molar-refractivity contribution >= 4 is 11.6 Å². The van der Waals surface area contributed by atoms with Gasteiger partial charge in [-0.2, -0.15) is 0 Å². The molecule has 0 saturated carbocycles. The summed E-state index contributed by atoms with van der Waals surface area (Å²) < 4.78 is 21.6. The van der Waals surface area contributed by atoms with Gasteiger partial charge < -0.3 is 18.6 Å². The van der Waals surface area contributed by atoms with E-state index in [-0.39, 0.29) is 6.61 Å². The molecule has 2 rings (SSSR count). The number of alkyl halides is 1. The molecule has 0 amide bonds. The minimum absolute atomic E-state index is 0.143. The summed E-state index contributed by atoms with van der Waals surface area (Å²) >= 11 is 5.62. The summed E-state index contributed by atoms with van der Waals surface area (Å²) in [5, 5.41) is 7.86. The Morgan fingerprint density at radius 1 is 1.10 bits per heavy atom. The van der Waals surface area contributed by atoms with Gasteiger partial charge in [-0.15, -0.1) is 21.8 Å². The number of hydrogen-bond donors (Lipinski definition) is 0. The first kappa shape index (κ1) is 15.4. The van der Waals surface area contributed by atoms with Crippen LogP contribution in [-0.4, -0.2) is 30.3 Å². The lowest BCUT2D eigenvalue weighted by Crippen LogP contribution is -2.00. The number of para-hydroxylation sites is 1. The molecule has 0 aliphatic rings. The largest absolute Gasteiger partial charge is 0.493 e. The van der Waals surface area contributed by atoms with Crippen LogP contribution < -0.4 is 14.2 Å². The average molecular weight is 313 g/mol. The second kappa shape index (κ2) is 7.73. The predicted molar refractivity (Wildman–Crippen MR) is 77.2 cm³/mol. The molecule has 0 radical (unpaired) electrons. The van der Waals surface area contributed by atoms with Crippen molar-refractivity contribution in [2.45, 2.75) is 19.4 Å². The molecule has 0 aliphatic carbocycles. The number of aromatic nitrogens is 2. The zero-order chi connectivity index (χ0) is 15.1. The van der Waals surface area contributed by atoms with E-state index in [1.165, 1.54) is 0 Å². The fraction of sp³-hybridized carbons (Fsp3) is 0.429. The maximum Gasteiger partial charge on any atom is 0.253 e. The molecule has 1 aromatic heterocycles. The topological polar surface area (TPSA) is 66.6 Å². The standard InChI is InChI=1S/C14H17ClN2O4/c1-18-10-5-3-6-11(19-2)14(10)20-9-13-17-16-12(21-13)7-4-8-15/h3,5-6H,4,7-9H2,1-2H3. The second-order valence-corrected chi connectivity index (χ2v) is 4.54. The second-order valence-electron chi connectivity index (χ2n) is 4.16. The van der Waals surface area contributed by atoms with Crippen molar-refractivity contribution in [1.82, 2.24) is 10.2 Å². The molecular formula is C14H17ClN2O4. The third kappa shape index (κ3) is 4.01. The van der Waals surface area contributed by atoms with Crippen LogP contribution in [0.15, 0.2) is 22.6 Å². The number of aryl methyl sites for hydroxylation is 1. The van der Waals surface area contributed by atoms with Gasteiger partial charge in [0.2, 0.25) is 11.6 Å². The first-order chi connectivity index (χ1) is 10.3. The van der Waals surface area contributed by atoms with E-state index in [9.17, 15) is 0 Å². The fourth-order valence-electron chi connectivity index (χ4n) is 1.76. The zero-order valence-corrected chi connectivity index (χ0v) is 12.7. The van der Waals surface area contributed by atoms with Crippen LogP contribution >= 0.6 is 11.6 Å². The Morgan fingerprint density at radius 3 is 2.38 bits per heavy atom. The molecule has 1 heterocycles. The number of nitrogens with zero attached hydrogens (tertiary/aromatic N) is 2. The number of benzene rings is 1. The van der Waals surface area contributed by atoms with E-state index in [1.54, 1.807) is 26.4 Å². The van der Waals surface area contributed by atoms with E-state index in [0.29, 0.717) is 41.3 Å². The van der Waals surface area contributed by atoms with E-state index in [4.69, 9.17) is 30.2 Å². The van der Waals surface area contributed by atoms with Gasteiger partial charge >= 0.3 is 0 Å². The molecule has 0 atom stereocenters. The Kier molecular flexibility index (Phi) is 5.68. The van der Waals surface area contributed by atoms with Gasteiger partial charge in [-0.05, 0) is 18.6 Å². The number of hydrogen-bond acceptors (Lipinski definition) is 6. The molecule has 114 valence electrons. The summed E-state index contributed by atoms with van der Waals surface area (Å²) in [7, 11) is 3.14. The van der Waals surface area contributed by atoms with E-state index >= 15 is 0 Å². The van der Waals surface area contributed by atoms with Crippen molar-refractivity contribution in [2.75, 3.05) is 20.1 Å². The SMILES string of the molecule is COc1cccc(OC)c1OCc1nnc(CCCCl)o1. The van der Waals surface area contributed by atoms with Crippen LogP contribution in [0.25, 0.3) is 0 Å². The highest BCUT2D eigenvalue weighted by Gasteiger charge is 2.13. The summed E-state index contributed by atoms with van der Waals surface area (Å²) in [6.45, 7) is 0.143. The van der Waals surface area contributed by atoms with Crippen LogP contribution in [0.4, 0.5) is 0 Å². The lowest BCUT2D eigenvalue weighted by atomic mass is 10.3. The van der Waals surface area contributed by atoms with Gasteiger partial charge in [0, 0.05) is 12.3 Å². The molecule has 0 spiro atoms. The molecule has 6 nitrogen and oxygen atoms in total. The normalized spacial score (nSPS) is 10.4. The monoisotopic (exact) mass is 312 g/mol. The van der Waals surface area contributed by atoms with E-state index in [2.05, 4.69) is 10.2 Å². The van der Waals surface area contributed by atoms with Crippen LogP contribution in [0.2, 0.25) is 0 Å². The molecule has 7 heteroatoms. The third-order valence-electron chi connectivity index (χ3n) is 2.76. The Hall–Kier alpha value is -1.95. The summed E-state index contributed by atoms with van der Waals surface area (Å²) in [4.78, 5) is 0. The van der Waals surface area contributed by atoms with Crippen LogP contribution in [0.5, 0.6) is 17.2 Å². The van der Waals surface area contributed by atoms with Gasteiger partial charge in [-0.1, -0.05) is 6.07 Å². The molecule has 1 aromatic carbocycles. The predicted octanol–water partition coefficient (Wildman–Crippen LogP) is 2.84. The maximum atomic E-state index is 5.68. The summed E-state index contributed by atoms with van der Waals surface area (Å²) in [6, 6.07) is 5.40. The Labute approximate surface area is 128 Å². The van der Waals surface area contributed by atoms with E-state index < -0.39 is 0 Å². The van der Waals surface area contributed by atoms with Crippen molar-refractivity contribution in [1.29, 1.82) is 0 Å². The van der Waals surface area contributed by atoms with Crippen molar-refractivity contribution in [3.8, 4) is 17.2 Å². The molecule has 0 bridgehead atoms. The lowest BCUT2D eigenvalue weighted by Gasteiger charge is -2.12. The van der Waals surface area contributed by atoms with Gasteiger partial charge in [0.25, 0.3) is 5.89 Å². The number of halogens is 1. The highest BCUT2D eigenvalue weighted by molar-refractivity contribution is 6.17. The Morgan fingerprint density at radius 2 is 1.76 bits per heavy atom. The first-order valence-corrected chi connectivity index (χ1v) is 7.03. The molecule has 0 saturated heterocycles. The van der Waals surface area contributed by atoms with E-state index in [0.717, 1.165) is 6.42 Å². The van der Waals surface area contributed by atoms with Gasteiger partial charge in [-0.25, -0.2) is 0 Å². The third-order valence-corrected chi connectivity index (χ3v) is 3.02. The van der Waals surface area contributed by atoms with Crippen molar-refractivity contribution < 1.29 is 18.6 Å². The molecule has 0 N–H and O–H groups in total. The summed E-state index contributed by atoms with van der Waals surface area (Å²) in [5.74, 6) is 3.18. The Bertz CT molecular complexity index is 552. The minimum Gasteiger partial charge on any atom is -0.493 e. The summed E-state index contributed by atoms with van der Waals surface area (Å²) in [6.07, 6.45) is 1.46. The number of ether oxygens (including phenoxy) is 3. The molecule has 21 heavy (non-hydrogen) atoms. The molecule has 0 aliphatic heterocycles. The molecule has 0 fully saturated rings. The van der Waals surface area contributed by atoms with Crippen LogP contribution in [0.1, 0.15) is 18.2 Å². The number of rotatable bonds is 8. The van der Waals surface area contributed by atoms with E-state index in [1.807, 2.05) is 6.07 Å². The van der Waals surface area contributed by atoms with Crippen LogP contribution in [-0.2, 0) is 13.0 Å².